The molecule has 1 unspecified atom stereocenters. The lowest BCUT2D eigenvalue weighted by molar-refractivity contribution is -0.514. The van der Waals surface area contributed by atoms with Gasteiger partial charge >= 0.3 is 0 Å². The van der Waals surface area contributed by atoms with Crippen molar-refractivity contribution < 1.29 is 13.4 Å². The third-order valence-electron chi connectivity index (χ3n) is 11.7. The summed E-state index contributed by atoms with van der Waals surface area (Å²) in [6, 6.07) is 26.0. The Hall–Kier alpha value is -5.28. The summed E-state index contributed by atoms with van der Waals surface area (Å²) in [5, 5.41) is 1.17. The van der Waals surface area contributed by atoms with Crippen LogP contribution in [0.1, 0.15) is 80.5 Å². The number of rotatable bonds is 11. The molecule has 2 aliphatic carbocycles. The van der Waals surface area contributed by atoms with E-state index in [0.717, 1.165) is 43.1 Å². The number of aryl methyl sites for hydroxylation is 2. The highest BCUT2D eigenvalue weighted by molar-refractivity contribution is 5.72. The largest absolute Gasteiger partial charge is 0.255 e. The van der Waals surface area contributed by atoms with Crippen LogP contribution in [0, 0.1) is 49.4 Å². The van der Waals surface area contributed by atoms with E-state index < -0.39 is 0 Å². The summed E-state index contributed by atoms with van der Waals surface area (Å²) in [4.78, 5) is 0. The third kappa shape index (κ3) is 8.86. The van der Waals surface area contributed by atoms with Gasteiger partial charge in [-0.15, -0.1) is 48.4 Å². The molecule has 3 atom stereocenters. The van der Waals surface area contributed by atoms with Crippen molar-refractivity contribution in [1.29, 1.82) is 0 Å². The number of allylic oxidation sites excluding steroid dienone is 8. The predicted octanol–water partition coefficient (Wildman–Crippen LogP) is 9.81. The maximum Gasteiger partial charge on any atom is 0.168 e. The molecule has 4 aliphatic rings. The van der Waals surface area contributed by atoms with E-state index in [2.05, 4.69) is 181 Å². The van der Waals surface area contributed by atoms with E-state index in [-0.39, 0.29) is 0 Å². The first-order chi connectivity index (χ1) is 25.8. The molecule has 2 aliphatic heterocycles. The zero-order valence-electron chi connectivity index (χ0n) is 31.8. The second-order valence-corrected chi connectivity index (χ2v) is 15.6. The zero-order chi connectivity index (χ0) is 36.7. The number of hydrogen-bond donors (Lipinski definition) is 0. The van der Waals surface area contributed by atoms with Gasteiger partial charge in [-0.25, -0.2) is 4.24 Å². The topological polar surface area (TPSA) is 11.9 Å². The molecule has 7 rings (SSSR count). The molecule has 3 heteroatoms. The van der Waals surface area contributed by atoms with Gasteiger partial charge in [0.2, 0.25) is 0 Å². The smallest absolute Gasteiger partial charge is 0.168 e. The van der Waals surface area contributed by atoms with Gasteiger partial charge in [0.15, 0.2) is 6.20 Å². The van der Waals surface area contributed by atoms with Crippen LogP contribution in [0.25, 0.3) is 5.57 Å². The van der Waals surface area contributed by atoms with E-state index in [1.807, 2.05) is 0 Å². The van der Waals surface area contributed by atoms with Crippen molar-refractivity contribution in [3.05, 3.63) is 197 Å². The van der Waals surface area contributed by atoms with Crippen LogP contribution in [0.3, 0.4) is 0 Å². The van der Waals surface area contributed by atoms with Crippen LogP contribution in [0.4, 0.5) is 0 Å². The molecule has 53 heavy (non-hydrogen) atoms. The molecule has 0 amide bonds. The molecule has 0 N–H and O–H groups in total. The summed E-state index contributed by atoms with van der Waals surface area (Å²) >= 11 is 0. The first-order valence-corrected chi connectivity index (χ1v) is 19.5. The fraction of sp³-hybridized carbons (Fsp3) is 0.280. The average molecular weight is 698 g/mol. The molecule has 1 aromatic heterocycles. The summed E-state index contributed by atoms with van der Waals surface area (Å²) in [7, 11) is 0. The van der Waals surface area contributed by atoms with Gasteiger partial charge in [0, 0.05) is 5.56 Å². The summed E-state index contributed by atoms with van der Waals surface area (Å²) in [5.74, 6) is 3.47. The Bertz CT molecular complexity index is 2120. The molecule has 3 heterocycles. The van der Waals surface area contributed by atoms with Gasteiger partial charge in [0.05, 0.1) is 13.4 Å². The van der Waals surface area contributed by atoms with Crippen molar-refractivity contribution in [1.82, 2.24) is 0 Å². The Morgan fingerprint density at radius 3 is 1.85 bits per heavy atom. The van der Waals surface area contributed by atoms with E-state index >= 15 is 0 Å². The summed E-state index contributed by atoms with van der Waals surface area (Å²) < 4.78 is 6.19. The van der Waals surface area contributed by atoms with Crippen molar-refractivity contribution in [3.8, 4) is 0 Å². The van der Waals surface area contributed by atoms with E-state index in [9.17, 15) is 0 Å². The fourth-order valence-corrected chi connectivity index (χ4v) is 8.83. The molecule has 0 spiro atoms. The van der Waals surface area contributed by atoms with Crippen molar-refractivity contribution in [2.45, 2.75) is 71.6 Å². The third-order valence-corrected chi connectivity index (χ3v) is 11.7. The van der Waals surface area contributed by atoms with Crippen molar-refractivity contribution in [2.75, 3.05) is 0 Å². The first kappa shape index (κ1) is 36.1. The Kier molecular flexibility index (Phi) is 11.3. The SMILES string of the molecule is C=[N+]1C=C(CCC2C[C@@H](CCc3ccc(=C4C=CC=C[C-]4C)[n+](=C)c3)C[C@@H](CCC3=C[N+](=C)[C-](c4ccccc4C)C=C3)C2)C=C[C-]1c1ccccc1. The molecular weight excluding hydrogens is 643 g/mol. The van der Waals surface area contributed by atoms with Gasteiger partial charge in [-0.2, -0.15) is 0 Å². The molecule has 3 nitrogen and oxygen atoms in total. The van der Waals surface area contributed by atoms with Gasteiger partial charge in [-0.05, 0) is 116 Å². The van der Waals surface area contributed by atoms with Crippen molar-refractivity contribution >= 4 is 19.0 Å². The minimum atomic E-state index is 0.729. The van der Waals surface area contributed by atoms with Gasteiger partial charge < -0.3 is 0 Å². The molecular formula is C50H55N3. The molecule has 270 valence electrons. The molecule has 2 aromatic carbocycles. The van der Waals surface area contributed by atoms with Gasteiger partial charge in [-0.3, -0.25) is 9.15 Å². The van der Waals surface area contributed by atoms with E-state index in [0.29, 0.717) is 0 Å². The lowest BCUT2D eigenvalue weighted by Crippen LogP contribution is -2.38. The zero-order valence-corrected chi connectivity index (χ0v) is 31.8. The Morgan fingerprint density at radius 1 is 0.642 bits per heavy atom. The molecule has 0 bridgehead atoms. The predicted molar refractivity (Wildman–Crippen MR) is 220 cm³/mol. The quantitative estimate of drug-likeness (QED) is 0.140. The Labute approximate surface area is 318 Å². The van der Waals surface area contributed by atoms with Crippen LogP contribution in [0.2, 0.25) is 0 Å². The molecule has 3 aromatic rings. The molecule has 0 radical (unpaired) electrons. The maximum atomic E-state index is 4.39. The monoisotopic (exact) mass is 697 g/mol. The highest BCUT2D eigenvalue weighted by Gasteiger charge is 2.29. The first-order valence-electron chi connectivity index (χ1n) is 19.5. The summed E-state index contributed by atoms with van der Waals surface area (Å²) in [6.45, 7) is 17.5. The summed E-state index contributed by atoms with van der Waals surface area (Å²) in [5.41, 5.74) is 9.12. The normalized spacial score (nSPS) is 22.4. The van der Waals surface area contributed by atoms with Crippen LogP contribution >= 0.6 is 0 Å². The van der Waals surface area contributed by atoms with Crippen LogP contribution in [0.5, 0.6) is 0 Å². The van der Waals surface area contributed by atoms with Gasteiger partial charge in [-0.1, -0.05) is 79.6 Å². The second-order valence-electron chi connectivity index (χ2n) is 15.6. The Morgan fingerprint density at radius 2 is 1.25 bits per heavy atom. The van der Waals surface area contributed by atoms with E-state index in [1.165, 1.54) is 94.8 Å². The van der Waals surface area contributed by atoms with E-state index in [1.54, 1.807) is 0 Å². The van der Waals surface area contributed by atoms with Gasteiger partial charge in [0.1, 0.15) is 36.6 Å². The highest BCUT2D eigenvalue weighted by atomic mass is 15.0. The average Bonchev–Trinajstić information content (AvgIpc) is 3.17. The number of aromatic nitrogens is 1. The van der Waals surface area contributed by atoms with E-state index in [4.69, 9.17) is 0 Å². The second kappa shape index (κ2) is 16.6. The van der Waals surface area contributed by atoms with Crippen LogP contribution < -0.4 is 9.59 Å². The number of hydrogen-bond acceptors (Lipinski definition) is 0. The van der Waals surface area contributed by atoms with Crippen molar-refractivity contribution in [2.24, 2.45) is 17.8 Å². The van der Waals surface area contributed by atoms with Crippen LogP contribution in [-0.2, 0) is 6.42 Å². The number of pyridine rings is 1. The molecule has 0 saturated heterocycles. The number of nitrogens with zero attached hydrogens (tertiary/aromatic N) is 3. The highest BCUT2D eigenvalue weighted by Crippen LogP contribution is 2.41. The lowest BCUT2D eigenvalue weighted by Gasteiger charge is -2.36. The lowest BCUT2D eigenvalue weighted by atomic mass is 9.70. The molecule has 1 fully saturated rings. The minimum absolute atomic E-state index is 0.729. The summed E-state index contributed by atoms with van der Waals surface area (Å²) in [6.07, 6.45) is 35.4. The number of benzene rings is 2. The van der Waals surface area contributed by atoms with Crippen molar-refractivity contribution in [3.63, 3.8) is 0 Å². The molecule has 1 saturated carbocycles. The standard InChI is InChI=1S/C50H55N3/c1-37-13-9-11-17-46(37)49-29-26-40(35-52(49)4)20-23-43-31-42(22-19-39-25-28-48(51(3)34-39)45-15-7-6-8-16-45)32-44(33-43)24-21-41-27-30-50(53(5)36-41)47-18-12-10-14-38(47)2/h6-18,25-30,34-36,42-44H,3-5,19-24,31-33H2,1-2H3/t42?,43-,44+/m1/s1. The van der Waals surface area contributed by atoms with Crippen LogP contribution in [-0.4, -0.2) is 22.6 Å². The van der Waals surface area contributed by atoms with Gasteiger partial charge in [0.25, 0.3) is 0 Å². The minimum Gasteiger partial charge on any atom is -0.255 e. The Balaban J connectivity index is 1.01. The maximum absolute atomic E-state index is 4.39. The van der Waals surface area contributed by atoms with Crippen LogP contribution in [0.15, 0.2) is 145 Å². The fourth-order valence-electron chi connectivity index (χ4n) is 8.83.